The fourth-order valence-corrected chi connectivity index (χ4v) is 1.61. The van der Waals surface area contributed by atoms with Crippen molar-refractivity contribution in [2.24, 2.45) is 0 Å². The average molecular weight is 227 g/mol. The molecule has 2 aromatic carbocycles. The van der Waals surface area contributed by atoms with Gasteiger partial charge in [0.15, 0.2) is 11.6 Å². The fourth-order valence-electron chi connectivity index (χ4n) is 1.61. The van der Waals surface area contributed by atoms with Crippen molar-refractivity contribution in [1.82, 2.24) is 0 Å². The van der Waals surface area contributed by atoms with Crippen LogP contribution in [0.25, 0.3) is 11.1 Å². The van der Waals surface area contributed by atoms with Gasteiger partial charge in [0, 0.05) is 0 Å². The summed E-state index contributed by atoms with van der Waals surface area (Å²) in [5.74, 6) is -0.197. The molecule has 0 aliphatic heterocycles. The fraction of sp³-hybridized carbons (Fsp3) is 0.0714. The summed E-state index contributed by atoms with van der Waals surface area (Å²) in [6, 6.07) is 13.8. The summed E-state index contributed by atoms with van der Waals surface area (Å²) in [6.07, 6.45) is 0. The number of nitriles is 1. The first kappa shape index (κ1) is 11.2. The van der Waals surface area contributed by atoms with Crippen LogP contribution in [0.3, 0.4) is 0 Å². The van der Waals surface area contributed by atoms with Crippen LogP contribution in [0.15, 0.2) is 42.5 Å². The molecule has 0 aliphatic carbocycles. The number of hydrogen-bond donors (Lipinski definition) is 0. The first-order chi connectivity index (χ1) is 8.24. The Hall–Kier alpha value is -2.34. The van der Waals surface area contributed by atoms with Crippen LogP contribution in [-0.4, -0.2) is 7.11 Å². The Morgan fingerprint density at radius 1 is 1.12 bits per heavy atom. The minimum Gasteiger partial charge on any atom is -0.494 e. The van der Waals surface area contributed by atoms with Crippen molar-refractivity contribution in [1.29, 1.82) is 5.26 Å². The standard InChI is InChI=1S/C14H10FNO/c1-17-14-6-5-12(8-13(14)15)11-4-2-3-10(7-11)9-16/h2-8H,1H3. The molecule has 0 saturated carbocycles. The molecule has 0 N–H and O–H groups in total. The van der Waals surface area contributed by atoms with Crippen LogP contribution in [0.1, 0.15) is 5.56 Å². The highest BCUT2D eigenvalue weighted by Gasteiger charge is 2.05. The van der Waals surface area contributed by atoms with Crippen molar-refractivity contribution < 1.29 is 9.13 Å². The molecule has 0 heterocycles. The molecule has 0 fully saturated rings. The van der Waals surface area contributed by atoms with Crippen molar-refractivity contribution in [3.8, 4) is 22.9 Å². The lowest BCUT2D eigenvalue weighted by Gasteiger charge is -2.05. The molecule has 0 unspecified atom stereocenters. The third-order valence-corrected chi connectivity index (χ3v) is 2.48. The van der Waals surface area contributed by atoms with Gasteiger partial charge in [-0.1, -0.05) is 18.2 Å². The van der Waals surface area contributed by atoms with Gasteiger partial charge in [-0.25, -0.2) is 4.39 Å². The Balaban J connectivity index is 2.46. The van der Waals surface area contributed by atoms with Crippen molar-refractivity contribution in [2.45, 2.75) is 0 Å². The summed E-state index contributed by atoms with van der Waals surface area (Å²) < 4.78 is 18.4. The summed E-state index contributed by atoms with van der Waals surface area (Å²) in [6.45, 7) is 0. The van der Waals surface area contributed by atoms with Gasteiger partial charge in [-0.05, 0) is 35.4 Å². The molecule has 0 aromatic heterocycles. The number of benzene rings is 2. The number of nitrogens with zero attached hydrogens (tertiary/aromatic N) is 1. The molecular weight excluding hydrogens is 217 g/mol. The summed E-state index contributed by atoms with van der Waals surface area (Å²) in [5, 5.41) is 8.80. The monoisotopic (exact) mass is 227 g/mol. The smallest absolute Gasteiger partial charge is 0.165 e. The molecule has 0 aliphatic rings. The van der Waals surface area contributed by atoms with Crippen molar-refractivity contribution in [3.63, 3.8) is 0 Å². The average Bonchev–Trinajstić information content (AvgIpc) is 2.38. The molecule has 17 heavy (non-hydrogen) atoms. The number of ether oxygens (including phenoxy) is 1. The predicted molar refractivity (Wildman–Crippen MR) is 63.1 cm³/mol. The van der Waals surface area contributed by atoms with E-state index in [-0.39, 0.29) is 5.75 Å². The van der Waals surface area contributed by atoms with Gasteiger partial charge in [0.1, 0.15) is 0 Å². The van der Waals surface area contributed by atoms with Crippen LogP contribution < -0.4 is 4.74 Å². The normalized spacial score (nSPS) is 9.71. The maximum absolute atomic E-state index is 13.5. The van der Waals surface area contributed by atoms with E-state index >= 15 is 0 Å². The Morgan fingerprint density at radius 3 is 2.53 bits per heavy atom. The second-order valence-corrected chi connectivity index (χ2v) is 3.54. The number of rotatable bonds is 2. The largest absolute Gasteiger partial charge is 0.494 e. The quantitative estimate of drug-likeness (QED) is 0.788. The summed E-state index contributed by atoms with van der Waals surface area (Å²) in [7, 11) is 1.42. The highest BCUT2D eigenvalue weighted by Crippen LogP contribution is 2.25. The molecule has 2 rings (SSSR count). The zero-order valence-corrected chi connectivity index (χ0v) is 9.27. The maximum Gasteiger partial charge on any atom is 0.165 e. The van der Waals surface area contributed by atoms with Crippen LogP contribution >= 0.6 is 0 Å². The predicted octanol–water partition coefficient (Wildman–Crippen LogP) is 3.37. The summed E-state index contributed by atoms with van der Waals surface area (Å²) >= 11 is 0. The van der Waals surface area contributed by atoms with Crippen LogP contribution in [0.2, 0.25) is 0 Å². The molecule has 84 valence electrons. The Bertz CT molecular complexity index is 587. The molecule has 0 bridgehead atoms. The van der Waals surface area contributed by atoms with Crippen LogP contribution in [0.5, 0.6) is 5.75 Å². The van der Waals surface area contributed by atoms with Crippen LogP contribution in [0, 0.1) is 17.1 Å². The molecular formula is C14H10FNO. The van der Waals surface area contributed by atoms with Crippen LogP contribution in [-0.2, 0) is 0 Å². The van der Waals surface area contributed by atoms with Gasteiger partial charge in [0.25, 0.3) is 0 Å². The summed E-state index contributed by atoms with van der Waals surface area (Å²) in [4.78, 5) is 0. The van der Waals surface area contributed by atoms with E-state index in [1.807, 2.05) is 6.07 Å². The molecule has 3 heteroatoms. The van der Waals surface area contributed by atoms with E-state index in [0.29, 0.717) is 5.56 Å². The van der Waals surface area contributed by atoms with Gasteiger partial charge in [-0.15, -0.1) is 0 Å². The Morgan fingerprint density at radius 2 is 1.88 bits per heavy atom. The third kappa shape index (κ3) is 2.26. The number of methoxy groups -OCH3 is 1. The SMILES string of the molecule is COc1ccc(-c2cccc(C#N)c2)cc1F. The van der Waals surface area contributed by atoms with Gasteiger partial charge in [0.05, 0.1) is 18.7 Å². The highest BCUT2D eigenvalue weighted by atomic mass is 19.1. The lowest BCUT2D eigenvalue weighted by Crippen LogP contribution is -1.88. The van der Waals surface area contributed by atoms with E-state index in [0.717, 1.165) is 11.1 Å². The van der Waals surface area contributed by atoms with E-state index in [1.165, 1.54) is 13.2 Å². The van der Waals surface area contributed by atoms with Crippen LogP contribution in [0.4, 0.5) is 4.39 Å². The van der Waals surface area contributed by atoms with E-state index in [9.17, 15) is 4.39 Å². The third-order valence-electron chi connectivity index (χ3n) is 2.48. The summed E-state index contributed by atoms with van der Waals surface area (Å²) in [5.41, 5.74) is 2.09. The number of halogens is 1. The van der Waals surface area contributed by atoms with E-state index < -0.39 is 5.82 Å². The lowest BCUT2D eigenvalue weighted by molar-refractivity contribution is 0.386. The second-order valence-electron chi connectivity index (χ2n) is 3.54. The highest BCUT2D eigenvalue weighted by molar-refractivity contribution is 5.66. The van der Waals surface area contributed by atoms with Gasteiger partial charge in [0.2, 0.25) is 0 Å². The Labute approximate surface area is 98.9 Å². The van der Waals surface area contributed by atoms with Gasteiger partial charge < -0.3 is 4.74 Å². The molecule has 0 radical (unpaired) electrons. The zero-order chi connectivity index (χ0) is 12.3. The van der Waals surface area contributed by atoms with E-state index in [2.05, 4.69) is 6.07 Å². The van der Waals surface area contributed by atoms with Crippen molar-refractivity contribution >= 4 is 0 Å². The number of hydrogen-bond acceptors (Lipinski definition) is 2. The van der Waals surface area contributed by atoms with Crippen molar-refractivity contribution in [2.75, 3.05) is 7.11 Å². The van der Waals surface area contributed by atoms with Gasteiger partial charge >= 0.3 is 0 Å². The van der Waals surface area contributed by atoms with Gasteiger partial charge in [-0.3, -0.25) is 0 Å². The molecule has 0 spiro atoms. The van der Waals surface area contributed by atoms with Gasteiger partial charge in [-0.2, -0.15) is 5.26 Å². The molecule has 2 nitrogen and oxygen atoms in total. The van der Waals surface area contributed by atoms with E-state index in [1.54, 1.807) is 30.3 Å². The first-order valence-corrected chi connectivity index (χ1v) is 5.08. The lowest BCUT2D eigenvalue weighted by atomic mass is 10.0. The zero-order valence-electron chi connectivity index (χ0n) is 9.27. The molecule has 0 atom stereocenters. The van der Waals surface area contributed by atoms with Crippen molar-refractivity contribution in [3.05, 3.63) is 53.8 Å². The first-order valence-electron chi connectivity index (χ1n) is 5.08. The maximum atomic E-state index is 13.5. The second kappa shape index (κ2) is 4.67. The Kier molecular flexibility index (Phi) is 3.06. The molecule has 0 amide bonds. The minimum atomic E-state index is -0.410. The minimum absolute atomic E-state index is 0.213. The molecule has 2 aromatic rings. The molecule has 0 saturated heterocycles. The van der Waals surface area contributed by atoms with E-state index in [4.69, 9.17) is 10.00 Å². The topological polar surface area (TPSA) is 33.0 Å².